The zero-order valence-corrected chi connectivity index (χ0v) is 83.8. The third-order valence-electron chi connectivity index (χ3n) is 30.1. The molecule has 52 heteroatoms. The number of carboxylic acids is 1. The summed E-state index contributed by atoms with van der Waals surface area (Å²) in [5.41, 5.74) is 0.438. The van der Waals surface area contributed by atoms with Gasteiger partial charge in [-0.2, -0.15) is 0 Å². The van der Waals surface area contributed by atoms with Crippen LogP contribution in [0.3, 0.4) is 0 Å². The molecule has 0 spiro atoms. The maximum atomic E-state index is 14.4. The molecule has 48 nitrogen and oxygen atoms in total. The molecule has 7 aliphatic heterocycles. The molecule has 2 aromatic carbocycles. The highest BCUT2D eigenvalue weighted by atomic mass is 19.2. The van der Waals surface area contributed by atoms with E-state index in [-0.39, 0.29) is 96.7 Å². The van der Waals surface area contributed by atoms with Gasteiger partial charge < -0.3 is 179 Å². The van der Waals surface area contributed by atoms with Crippen molar-refractivity contribution in [3.05, 3.63) is 71.1 Å². The van der Waals surface area contributed by atoms with E-state index in [9.17, 15) is 133 Å². The second-order valence-electron chi connectivity index (χ2n) is 41.2. The average Bonchev–Trinajstić information content (AvgIpc) is 1.76. The number of halogens is 4. The van der Waals surface area contributed by atoms with Gasteiger partial charge in [0.25, 0.3) is 5.91 Å². The van der Waals surface area contributed by atoms with E-state index < -0.39 is 324 Å². The first kappa shape index (κ1) is 117. The number of aliphatic hydroxyl groups is 16. The first-order valence-corrected chi connectivity index (χ1v) is 51.0. The lowest BCUT2D eigenvalue weighted by Crippen LogP contribution is -2.68. The van der Waals surface area contributed by atoms with E-state index in [0.29, 0.717) is 19.5 Å². The number of carbonyl (C=O) groups is 6. The molecule has 18 unspecified atom stereocenters. The second kappa shape index (κ2) is 52.1. The summed E-state index contributed by atoms with van der Waals surface area (Å²) in [4.78, 5) is 80.4. The van der Waals surface area contributed by atoms with E-state index in [1.165, 1.54) is 73.0 Å². The standard InChI is InChI=1S/C50H74F2N6O18.C47H69F2N5O19/c1-22-13-28(17-29(51)36(22)52)31-18-58(56-55-31)38-40(64)34(19-59)75-49(42(38)66)70-21-27-14-30(53-24(3)61)45(76-50-44(68)43(67)39(63)23(2)71-50)32(16-27)73-48-37(54-25(4)62)46(41(65)35(20-60)74-48)72-33(47(69)57-11-8-12-57)15-26-9-6-5-7-10-26;1-19-10-25(14-26(48)33(19)49)28-15-54(53-52-28)35-37(60)31(16-55)72-46(39(35)62)67-18-24-11-27(50-21(3)57)42(73-47-41(64)40(63)36(59)20(2)68-47)29(13-24)70-45-34(51-22(4)58)43(38(61)32(17-56)71-45)69-30(44(65)66)12-23-8-6-5-7-9-23/h13,17-18,23,26-27,30,32-35,37-46,48-50,59-60,63-68H,5-12,14-16,19-21H2,1-4H3,(H,53,61)(H,54,62);10,14-15,20,23-24,27,29-32,34-43,45-47,55-56,59-64H,5-9,11-13,16-18H2,1-4H3,(H,50,57)(H,51,58)(H,65,66)/t23?,27?,30-,32-,33+,34-,35?,37?,38?,39-,40-,41+,42?,43+,44?,45?,46?,48-,49+,50+;20?,24?,27-,29-,30+,31-,32?,34?,35?,36-,37-,38+,39?,40+,41?,42?,43?,45-,46+,47+/m11/s1. The maximum absolute atomic E-state index is 14.4. The van der Waals surface area contributed by atoms with Crippen molar-refractivity contribution in [1.82, 2.24) is 56.2 Å². The Hall–Kier alpha value is -7.94. The third-order valence-corrected chi connectivity index (χ3v) is 30.1. The highest BCUT2D eigenvalue weighted by Crippen LogP contribution is 2.44. The number of aliphatic carboxylic acids is 1. The lowest BCUT2D eigenvalue weighted by Gasteiger charge is -2.50. The molecule has 15 rings (SSSR count). The van der Waals surface area contributed by atoms with Gasteiger partial charge in [0.1, 0.15) is 164 Å². The predicted octanol–water partition coefficient (Wildman–Crippen LogP) is -2.99. The van der Waals surface area contributed by atoms with Crippen molar-refractivity contribution >= 4 is 35.5 Å². The minimum absolute atomic E-state index is 0.000599. The molecule has 4 saturated carbocycles. The topological polar surface area (TPSA) is 688 Å². The van der Waals surface area contributed by atoms with Crippen LogP contribution in [0.1, 0.15) is 174 Å². The highest BCUT2D eigenvalue weighted by Gasteiger charge is 2.59. The summed E-state index contributed by atoms with van der Waals surface area (Å²) in [6, 6.07) is -3.13. The quantitative estimate of drug-likeness (QED) is 0.0202. The molecule has 21 N–H and O–H groups in total. The molecule has 4 aliphatic carbocycles. The number of aromatic nitrogens is 6. The Balaban J connectivity index is 0.000000235. The van der Waals surface area contributed by atoms with E-state index in [4.69, 9.17) is 66.3 Å². The van der Waals surface area contributed by atoms with Crippen LogP contribution in [0.25, 0.3) is 22.5 Å². The number of carboxylic acid groups (broad SMARTS) is 1. The Kier molecular flexibility index (Phi) is 40.7. The Bertz CT molecular complexity index is 5010. The van der Waals surface area contributed by atoms with E-state index >= 15 is 0 Å². The van der Waals surface area contributed by atoms with Crippen molar-refractivity contribution in [1.29, 1.82) is 0 Å². The molecule has 40 atom stereocenters. The number of aliphatic hydroxyl groups excluding tert-OH is 16. The van der Waals surface area contributed by atoms with Crippen molar-refractivity contribution in [3.8, 4) is 22.5 Å². The fraction of sp³-hybridized carbons (Fsp3) is 0.773. The Morgan fingerprint density at radius 1 is 0.409 bits per heavy atom. The summed E-state index contributed by atoms with van der Waals surface area (Å²) < 4.78 is 146. The molecule has 0 radical (unpaired) electrons. The molecular weight excluding hydrogens is 1990 g/mol. The molecule has 0 bridgehead atoms. The van der Waals surface area contributed by atoms with Crippen LogP contribution in [0, 0.1) is 60.8 Å². The number of likely N-dealkylation sites (tertiary alicyclic amines) is 1. The summed E-state index contributed by atoms with van der Waals surface area (Å²) in [5, 5.41) is 214. The molecule has 9 heterocycles. The summed E-state index contributed by atoms with van der Waals surface area (Å²) >= 11 is 0. The number of hydrogen-bond acceptors (Lipinski definition) is 40. The van der Waals surface area contributed by atoms with Gasteiger partial charge in [0.15, 0.2) is 67.1 Å². The van der Waals surface area contributed by atoms with Crippen LogP contribution in [0.4, 0.5) is 17.6 Å². The van der Waals surface area contributed by atoms with Crippen molar-refractivity contribution in [2.75, 3.05) is 52.7 Å². The van der Waals surface area contributed by atoms with Gasteiger partial charge in [-0.05, 0) is 132 Å². The number of hydrogen-bond donors (Lipinski definition) is 21. The van der Waals surface area contributed by atoms with Crippen LogP contribution in [0.5, 0.6) is 0 Å². The third kappa shape index (κ3) is 27.8. The summed E-state index contributed by atoms with van der Waals surface area (Å²) in [7, 11) is 0. The smallest absolute Gasteiger partial charge is 0.332 e. The van der Waals surface area contributed by atoms with E-state index in [1.807, 2.05) is 0 Å². The minimum Gasteiger partial charge on any atom is -0.479 e. The number of nitrogens with zero attached hydrogens (tertiary/aromatic N) is 7. The molecule has 5 amide bonds. The van der Waals surface area contributed by atoms with Crippen molar-refractivity contribution in [3.63, 3.8) is 0 Å². The molecule has 149 heavy (non-hydrogen) atoms. The zero-order valence-electron chi connectivity index (χ0n) is 83.8. The fourth-order valence-electron chi connectivity index (χ4n) is 22.1. The highest BCUT2D eigenvalue weighted by molar-refractivity contribution is 5.82. The van der Waals surface area contributed by atoms with E-state index in [2.05, 4.69) is 41.9 Å². The molecule has 11 aliphatic rings. The van der Waals surface area contributed by atoms with Crippen LogP contribution in [-0.4, -0.2) is 431 Å². The normalized spacial score (nSPS) is 37.8. The van der Waals surface area contributed by atoms with Gasteiger partial charge in [-0.3, -0.25) is 24.0 Å². The Labute approximate surface area is 854 Å². The van der Waals surface area contributed by atoms with Gasteiger partial charge in [-0.15, -0.1) is 10.2 Å². The van der Waals surface area contributed by atoms with E-state index in [1.54, 1.807) is 4.90 Å². The van der Waals surface area contributed by atoms with E-state index in [0.717, 1.165) is 99.0 Å². The first-order valence-electron chi connectivity index (χ1n) is 51.0. The fourth-order valence-corrected chi connectivity index (χ4v) is 22.1. The van der Waals surface area contributed by atoms with Crippen LogP contribution >= 0.6 is 0 Å². The van der Waals surface area contributed by atoms with Crippen molar-refractivity contribution in [2.45, 2.75) is 397 Å². The van der Waals surface area contributed by atoms with Crippen LogP contribution in [-0.2, 0) is 95.1 Å². The van der Waals surface area contributed by atoms with Gasteiger partial charge in [-0.1, -0.05) is 74.6 Å². The largest absolute Gasteiger partial charge is 0.479 e. The number of amides is 5. The average molecular weight is 2130 g/mol. The monoisotopic (exact) mass is 2130 g/mol. The van der Waals surface area contributed by atoms with Crippen LogP contribution in [0.15, 0.2) is 36.7 Å². The number of nitrogens with one attached hydrogen (secondary N) is 4. The summed E-state index contributed by atoms with van der Waals surface area (Å²) in [6.07, 6.45) is -35.1. The van der Waals surface area contributed by atoms with Gasteiger partial charge in [0.05, 0.1) is 88.5 Å². The molecule has 4 aromatic rings. The lowest BCUT2D eigenvalue weighted by atomic mass is 9.81. The van der Waals surface area contributed by atoms with Crippen LogP contribution < -0.4 is 21.3 Å². The lowest BCUT2D eigenvalue weighted by molar-refractivity contribution is -0.337. The molecule has 836 valence electrons. The second-order valence-corrected chi connectivity index (χ2v) is 41.2. The molecule has 7 saturated heterocycles. The predicted molar refractivity (Wildman–Crippen MR) is 498 cm³/mol. The van der Waals surface area contributed by atoms with Gasteiger partial charge in [0.2, 0.25) is 23.6 Å². The minimum atomic E-state index is -1.83. The van der Waals surface area contributed by atoms with Gasteiger partial charge >= 0.3 is 5.97 Å². The first-order chi connectivity index (χ1) is 70.9. The summed E-state index contributed by atoms with van der Waals surface area (Å²) in [5.74, 6) is -9.52. The summed E-state index contributed by atoms with van der Waals surface area (Å²) in [6.45, 7) is 7.85. The number of ether oxygens (including phenoxy) is 14. The number of carbonyl (C=O) groups excluding carboxylic acids is 5. The SMILES string of the molecule is CC(=O)NC1C(O[C@@H](CC2CCCCC2)C(=O)N2CCC2)[C@@H](O)C(CO)O[C@H]1O[C@@H]1CC(CO[C@H]2O[C@H](CO)[C@@H](O)C(n3cc(-c4cc(C)c(F)c(F)c4)nn3)C2O)C[C@@H](NC(C)=O)C1O[C@@H]1OC(C)[C@@H](O)[C@H](O)C1O.CC(=O)NC1C(O[C@@H](CC2CCCCC2)C(=O)O)[C@@H](O)C(CO)O[C@H]1O[C@@H]1CC(CO[C@H]2O[C@H](CO)[C@@H](O)C(n3cc(-c4cc(C)c(F)c(F)c4)nn3)C2O)C[C@@H](NC(C)=O)C1O[C@@H]1OC(C)[C@@H](O)[C@H](O)C1O. The number of rotatable bonds is 36. The van der Waals surface area contributed by atoms with Crippen molar-refractivity contribution < 1.29 is 199 Å². The number of benzene rings is 2. The Morgan fingerprint density at radius 2 is 0.772 bits per heavy atom. The van der Waals surface area contributed by atoms with Gasteiger partial charge in [-0.25, -0.2) is 31.7 Å². The zero-order chi connectivity index (χ0) is 108. The number of aryl methyl sites for hydroxylation is 2. The maximum Gasteiger partial charge on any atom is 0.332 e. The van der Waals surface area contributed by atoms with Gasteiger partial charge in [0, 0.05) is 51.9 Å². The molecule has 11 fully saturated rings. The molecule has 2 aromatic heterocycles. The van der Waals surface area contributed by atoms with Crippen molar-refractivity contribution in [2.24, 2.45) is 23.7 Å². The Morgan fingerprint density at radius 3 is 1.12 bits per heavy atom. The molecular formula is C97H143F4N11O37. The van der Waals surface area contributed by atoms with Crippen LogP contribution in [0.2, 0.25) is 0 Å².